The number of ether oxygens (including phenoxy) is 1. The van der Waals surface area contributed by atoms with Crippen LogP contribution in [0, 0.1) is 11.3 Å². The molecule has 0 aliphatic heterocycles. The molecule has 16 heavy (non-hydrogen) atoms. The lowest BCUT2D eigenvalue weighted by Crippen LogP contribution is -2.23. The molecule has 0 bridgehead atoms. The van der Waals surface area contributed by atoms with Gasteiger partial charge in [-0.05, 0) is 6.07 Å². The Hall–Kier alpha value is -1.97. The average Bonchev–Trinajstić information content (AvgIpc) is 2.19. The summed E-state index contributed by atoms with van der Waals surface area (Å²) < 4.78 is 42.4. The van der Waals surface area contributed by atoms with Crippen molar-refractivity contribution in [2.75, 3.05) is 7.11 Å². The fraction of sp³-hybridized carbons (Fsp3) is 0.333. The van der Waals surface area contributed by atoms with Crippen molar-refractivity contribution in [3.8, 4) is 11.8 Å². The summed E-state index contributed by atoms with van der Waals surface area (Å²) in [7, 11) is 1.09. The minimum atomic E-state index is -4.59. The van der Waals surface area contributed by atoms with E-state index >= 15 is 0 Å². The maximum atomic E-state index is 12.4. The van der Waals surface area contributed by atoms with Crippen LogP contribution in [0.5, 0.6) is 5.75 Å². The Morgan fingerprint density at radius 2 is 2.19 bits per heavy atom. The van der Waals surface area contributed by atoms with Crippen LogP contribution in [-0.2, 0) is 12.7 Å². The topological polar surface area (TPSA) is 55.0 Å². The highest BCUT2D eigenvalue weighted by Gasteiger charge is 2.32. The highest BCUT2D eigenvalue weighted by atomic mass is 19.4. The SMILES string of the molecule is COc1cc(C(F)(F)F)cn(CC#N)c1=O. The molecule has 86 valence electrons. The predicted molar refractivity (Wildman–Crippen MR) is 47.9 cm³/mol. The lowest BCUT2D eigenvalue weighted by atomic mass is 10.2. The molecule has 0 N–H and O–H groups in total. The summed E-state index contributed by atoms with van der Waals surface area (Å²) in [6.07, 6.45) is -3.99. The molecule has 7 heteroatoms. The Bertz CT molecular complexity index is 485. The Balaban J connectivity index is 3.42. The van der Waals surface area contributed by atoms with Crippen molar-refractivity contribution in [3.63, 3.8) is 0 Å². The molecule has 0 saturated carbocycles. The first-order valence-corrected chi connectivity index (χ1v) is 4.12. The summed E-state index contributed by atoms with van der Waals surface area (Å²) in [5.41, 5.74) is -1.80. The van der Waals surface area contributed by atoms with Crippen molar-refractivity contribution in [3.05, 3.63) is 28.2 Å². The van der Waals surface area contributed by atoms with Crippen molar-refractivity contribution in [1.82, 2.24) is 4.57 Å². The highest BCUT2D eigenvalue weighted by Crippen LogP contribution is 2.29. The van der Waals surface area contributed by atoms with E-state index < -0.39 is 29.6 Å². The quantitative estimate of drug-likeness (QED) is 0.774. The van der Waals surface area contributed by atoms with Gasteiger partial charge in [0.05, 0.1) is 18.7 Å². The molecule has 0 spiro atoms. The van der Waals surface area contributed by atoms with Crippen LogP contribution in [0.4, 0.5) is 13.2 Å². The number of methoxy groups -OCH3 is 1. The second-order valence-corrected chi connectivity index (χ2v) is 2.89. The number of halogens is 3. The standard InChI is InChI=1S/C9H7F3N2O2/c1-16-7-4-6(9(10,11)12)5-14(3-2-13)8(7)15/h4-5H,3H2,1H3. The van der Waals surface area contributed by atoms with Crippen LogP contribution in [0.15, 0.2) is 17.1 Å². The third-order valence-electron chi connectivity index (χ3n) is 1.84. The Morgan fingerprint density at radius 1 is 1.56 bits per heavy atom. The van der Waals surface area contributed by atoms with Gasteiger partial charge in [-0.25, -0.2) is 0 Å². The van der Waals surface area contributed by atoms with Gasteiger partial charge in [-0.2, -0.15) is 18.4 Å². The normalized spacial score (nSPS) is 10.9. The molecule has 0 aromatic carbocycles. The van der Waals surface area contributed by atoms with E-state index in [0.29, 0.717) is 16.8 Å². The minimum Gasteiger partial charge on any atom is -0.491 e. The van der Waals surface area contributed by atoms with Crippen LogP contribution in [0.3, 0.4) is 0 Å². The second-order valence-electron chi connectivity index (χ2n) is 2.89. The first-order chi connectivity index (χ1) is 7.40. The van der Waals surface area contributed by atoms with Gasteiger partial charge in [0.2, 0.25) is 0 Å². The lowest BCUT2D eigenvalue weighted by Gasteiger charge is -2.10. The lowest BCUT2D eigenvalue weighted by molar-refractivity contribution is -0.138. The van der Waals surface area contributed by atoms with E-state index in [2.05, 4.69) is 4.74 Å². The van der Waals surface area contributed by atoms with Gasteiger partial charge >= 0.3 is 6.18 Å². The molecule has 0 aliphatic carbocycles. The van der Waals surface area contributed by atoms with Gasteiger partial charge in [0.15, 0.2) is 5.75 Å². The van der Waals surface area contributed by atoms with Crippen molar-refractivity contribution >= 4 is 0 Å². The van der Waals surface area contributed by atoms with E-state index in [1.807, 2.05) is 0 Å². The number of pyridine rings is 1. The van der Waals surface area contributed by atoms with E-state index in [1.165, 1.54) is 0 Å². The summed E-state index contributed by atoms with van der Waals surface area (Å²) in [4.78, 5) is 11.4. The number of alkyl halides is 3. The van der Waals surface area contributed by atoms with Crippen molar-refractivity contribution in [2.24, 2.45) is 0 Å². The molecule has 0 radical (unpaired) electrons. The average molecular weight is 232 g/mol. The molecule has 0 fully saturated rings. The highest BCUT2D eigenvalue weighted by molar-refractivity contribution is 5.27. The molecule has 0 saturated heterocycles. The third kappa shape index (κ3) is 2.34. The molecule has 1 aromatic heterocycles. The zero-order valence-electron chi connectivity index (χ0n) is 8.21. The molecule has 1 rings (SSSR count). The van der Waals surface area contributed by atoms with Crippen LogP contribution in [-0.4, -0.2) is 11.7 Å². The summed E-state index contributed by atoms with van der Waals surface area (Å²) in [5.74, 6) is -0.440. The molecular weight excluding hydrogens is 225 g/mol. The van der Waals surface area contributed by atoms with Crippen molar-refractivity contribution < 1.29 is 17.9 Å². The number of hydrogen-bond acceptors (Lipinski definition) is 3. The second kappa shape index (κ2) is 4.26. The summed E-state index contributed by atoms with van der Waals surface area (Å²) in [5, 5.41) is 8.37. The largest absolute Gasteiger partial charge is 0.491 e. The molecule has 0 atom stereocenters. The third-order valence-corrected chi connectivity index (χ3v) is 1.84. The zero-order valence-corrected chi connectivity index (χ0v) is 8.21. The Labute approximate surface area is 88.5 Å². The van der Waals surface area contributed by atoms with Crippen LogP contribution in [0.2, 0.25) is 0 Å². The van der Waals surface area contributed by atoms with Crippen LogP contribution >= 0.6 is 0 Å². The summed E-state index contributed by atoms with van der Waals surface area (Å²) in [6, 6.07) is 2.20. The van der Waals surface area contributed by atoms with Gasteiger partial charge in [0.1, 0.15) is 6.54 Å². The van der Waals surface area contributed by atoms with Crippen molar-refractivity contribution in [1.29, 1.82) is 5.26 Å². The fourth-order valence-electron chi connectivity index (χ4n) is 1.10. The monoisotopic (exact) mass is 232 g/mol. The van der Waals surface area contributed by atoms with Gasteiger partial charge in [0, 0.05) is 6.20 Å². The van der Waals surface area contributed by atoms with Gasteiger partial charge in [-0.1, -0.05) is 0 Å². The van der Waals surface area contributed by atoms with E-state index in [9.17, 15) is 18.0 Å². The molecule has 0 unspecified atom stereocenters. The molecule has 1 aromatic rings. The van der Waals surface area contributed by atoms with Gasteiger partial charge in [0.25, 0.3) is 5.56 Å². The predicted octanol–water partition coefficient (Wildman–Crippen LogP) is 1.40. The van der Waals surface area contributed by atoms with E-state index in [0.717, 1.165) is 7.11 Å². The minimum absolute atomic E-state index is 0.440. The van der Waals surface area contributed by atoms with Gasteiger partial charge in [-0.3, -0.25) is 9.36 Å². The molecule has 4 nitrogen and oxygen atoms in total. The Morgan fingerprint density at radius 3 is 2.62 bits per heavy atom. The van der Waals surface area contributed by atoms with Gasteiger partial charge < -0.3 is 4.74 Å². The van der Waals surface area contributed by atoms with E-state index in [4.69, 9.17) is 5.26 Å². The van der Waals surface area contributed by atoms with Crippen LogP contribution < -0.4 is 10.3 Å². The maximum absolute atomic E-state index is 12.4. The molecule has 0 amide bonds. The fourth-order valence-corrected chi connectivity index (χ4v) is 1.10. The molecule has 1 heterocycles. The van der Waals surface area contributed by atoms with E-state index in [-0.39, 0.29) is 0 Å². The first-order valence-electron chi connectivity index (χ1n) is 4.12. The van der Waals surface area contributed by atoms with Crippen LogP contribution in [0.1, 0.15) is 5.56 Å². The Kier molecular flexibility index (Phi) is 3.22. The number of aromatic nitrogens is 1. The number of hydrogen-bond donors (Lipinski definition) is 0. The maximum Gasteiger partial charge on any atom is 0.417 e. The number of nitriles is 1. The molecular formula is C9H7F3N2O2. The number of rotatable bonds is 2. The van der Waals surface area contributed by atoms with Crippen molar-refractivity contribution in [2.45, 2.75) is 12.7 Å². The first kappa shape index (κ1) is 12.1. The summed E-state index contributed by atoms with van der Waals surface area (Å²) >= 11 is 0. The van der Waals surface area contributed by atoms with Crippen LogP contribution in [0.25, 0.3) is 0 Å². The zero-order chi connectivity index (χ0) is 12.3. The molecule has 0 aliphatic rings. The van der Waals surface area contributed by atoms with Gasteiger partial charge in [-0.15, -0.1) is 0 Å². The number of nitrogens with zero attached hydrogens (tertiary/aromatic N) is 2. The van der Waals surface area contributed by atoms with E-state index in [1.54, 1.807) is 6.07 Å². The summed E-state index contributed by atoms with van der Waals surface area (Å²) in [6.45, 7) is -0.459. The smallest absolute Gasteiger partial charge is 0.417 e.